The van der Waals surface area contributed by atoms with Gasteiger partial charge in [-0.15, -0.1) is 0 Å². The molecule has 16 heavy (non-hydrogen) atoms. The second-order valence-corrected chi connectivity index (χ2v) is 4.78. The Morgan fingerprint density at radius 2 is 1.94 bits per heavy atom. The molecule has 2 aliphatic rings. The van der Waals surface area contributed by atoms with Crippen LogP contribution < -0.4 is 10.6 Å². The molecule has 2 N–H and O–H groups in total. The maximum absolute atomic E-state index is 13.0. The lowest BCUT2D eigenvalue weighted by molar-refractivity contribution is 0.354. The minimum Gasteiger partial charge on any atom is -0.356 e. The average molecular weight is 222 g/mol. The van der Waals surface area contributed by atoms with E-state index >= 15 is 0 Å². The van der Waals surface area contributed by atoms with Crippen molar-refractivity contribution < 1.29 is 4.39 Å². The Bertz CT molecular complexity index is 383. The van der Waals surface area contributed by atoms with Crippen LogP contribution in [0.3, 0.4) is 0 Å². The van der Waals surface area contributed by atoms with Crippen molar-refractivity contribution in [3.63, 3.8) is 0 Å². The third-order valence-corrected chi connectivity index (χ3v) is 3.85. The number of hydrogen-bond acceptors (Lipinski definition) is 4. The van der Waals surface area contributed by atoms with E-state index in [1.165, 1.54) is 25.2 Å². The Kier molecular flexibility index (Phi) is 2.28. The van der Waals surface area contributed by atoms with Crippen LogP contribution in [0.1, 0.15) is 12.8 Å². The molecular weight excluding hydrogens is 207 g/mol. The van der Waals surface area contributed by atoms with Gasteiger partial charge < -0.3 is 10.6 Å². The number of fused-ring (bicyclic) bond motifs is 2. The van der Waals surface area contributed by atoms with Crippen molar-refractivity contribution in [2.75, 3.05) is 18.0 Å². The Morgan fingerprint density at radius 1 is 1.25 bits per heavy atom. The molecule has 2 atom stereocenters. The number of halogens is 1. The Morgan fingerprint density at radius 3 is 2.56 bits per heavy atom. The van der Waals surface area contributed by atoms with Crippen molar-refractivity contribution in [2.45, 2.75) is 18.9 Å². The van der Waals surface area contributed by atoms with Crippen LogP contribution >= 0.6 is 0 Å². The second kappa shape index (κ2) is 3.66. The van der Waals surface area contributed by atoms with Crippen molar-refractivity contribution in [3.05, 3.63) is 18.3 Å². The van der Waals surface area contributed by atoms with Gasteiger partial charge in [0.25, 0.3) is 0 Å². The fourth-order valence-corrected chi connectivity index (χ4v) is 2.95. The Labute approximate surface area is 93.7 Å². The first-order valence-electron chi connectivity index (χ1n) is 5.72. The molecule has 4 nitrogen and oxygen atoms in total. The van der Waals surface area contributed by atoms with Gasteiger partial charge in [0.2, 0.25) is 5.95 Å². The molecule has 86 valence electrons. The van der Waals surface area contributed by atoms with Crippen LogP contribution in [0.4, 0.5) is 10.2 Å². The standard InChI is InChI=1S/C11H15FN4/c12-9-3-10(15-6-14-9)16-4-7-1-2-8(5-16)11(7)13/h3,6-8,11H,1-2,4-5,13H2. The second-order valence-electron chi connectivity index (χ2n) is 4.78. The Balaban J connectivity index is 1.83. The summed E-state index contributed by atoms with van der Waals surface area (Å²) >= 11 is 0. The third-order valence-electron chi connectivity index (χ3n) is 3.85. The summed E-state index contributed by atoms with van der Waals surface area (Å²) in [5, 5.41) is 0. The lowest BCUT2D eigenvalue weighted by Gasteiger charge is -2.36. The van der Waals surface area contributed by atoms with Gasteiger partial charge in [0, 0.05) is 25.2 Å². The number of hydrogen-bond donors (Lipinski definition) is 1. The van der Waals surface area contributed by atoms with Crippen molar-refractivity contribution in [2.24, 2.45) is 17.6 Å². The van der Waals surface area contributed by atoms with Gasteiger partial charge in [-0.2, -0.15) is 4.39 Å². The fraction of sp³-hybridized carbons (Fsp3) is 0.636. The normalized spacial score (nSPS) is 33.1. The lowest BCUT2D eigenvalue weighted by atomic mass is 9.93. The molecule has 1 aromatic rings. The zero-order valence-electron chi connectivity index (χ0n) is 9.01. The minimum absolute atomic E-state index is 0.322. The van der Waals surface area contributed by atoms with E-state index < -0.39 is 5.95 Å². The fourth-order valence-electron chi connectivity index (χ4n) is 2.95. The first-order valence-corrected chi connectivity index (χ1v) is 5.72. The topological polar surface area (TPSA) is 55.0 Å². The number of nitrogens with zero attached hydrogens (tertiary/aromatic N) is 3. The van der Waals surface area contributed by atoms with Gasteiger partial charge in [-0.05, 0) is 24.7 Å². The summed E-state index contributed by atoms with van der Waals surface area (Å²) in [6.45, 7) is 1.79. The highest BCUT2D eigenvalue weighted by Crippen LogP contribution is 2.36. The summed E-state index contributed by atoms with van der Waals surface area (Å²) in [6.07, 6.45) is 3.66. The molecule has 1 aliphatic carbocycles. The monoisotopic (exact) mass is 222 g/mol. The molecule has 1 aliphatic heterocycles. The zero-order valence-corrected chi connectivity index (χ0v) is 9.01. The number of aromatic nitrogens is 2. The lowest BCUT2D eigenvalue weighted by Crippen LogP contribution is -2.49. The van der Waals surface area contributed by atoms with Gasteiger partial charge in [-0.1, -0.05) is 0 Å². The van der Waals surface area contributed by atoms with Crippen LogP contribution in [-0.4, -0.2) is 29.1 Å². The van der Waals surface area contributed by atoms with Crippen LogP contribution in [0.25, 0.3) is 0 Å². The predicted octanol–water partition coefficient (Wildman–Crippen LogP) is 0.789. The summed E-state index contributed by atoms with van der Waals surface area (Å²) in [7, 11) is 0. The highest BCUT2D eigenvalue weighted by Gasteiger charge is 2.40. The molecular formula is C11H15FN4. The van der Waals surface area contributed by atoms with Crippen molar-refractivity contribution >= 4 is 5.82 Å². The number of anilines is 1. The maximum Gasteiger partial charge on any atom is 0.218 e. The molecule has 0 spiro atoms. The average Bonchev–Trinajstić information content (AvgIpc) is 2.53. The van der Waals surface area contributed by atoms with Gasteiger partial charge in [-0.3, -0.25) is 0 Å². The molecule has 1 saturated heterocycles. The third kappa shape index (κ3) is 1.55. The summed E-state index contributed by atoms with van der Waals surface area (Å²) in [4.78, 5) is 9.73. The summed E-state index contributed by atoms with van der Waals surface area (Å²) in [5.41, 5.74) is 6.12. The van der Waals surface area contributed by atoms with E-state index in [1.807, 2.05) is 0 Å². The van der Waals surface area contributed by atoms with Crippen molar-refractivity contribution in [1.82, 2.24) is 9.97 Å². The number of piperidine rings is 1. The molecule has 0 aromatic carbocycles. The van der Waals surface area contributed by atoms with Crippen LogP contribution in [0, 0.1) is 17.8 Å². The van der Waals surface area contributed by atoms with E-state index in [9.17, 15) is 4.39 Å². The van der Waals surface area contributed by atoms with Gasteiger partial charge in [-0.25, -0.2) is 9.97 Å². The number of nitrogens with two attached hydrogens (primary N) is 1. The molecule has 0 radical (unpaired) electrons. The number of rotatable bonds is 1. The summed E-state index contributed by atoms with van der Waals surface area (Å²) in [5.74, 6) is 1.30. The quantitative estimate of drug-likeness (QED) is 0.714. The molecule has 2 unspecified atom stereocenters. The van der Waals surface area contributed by atoms with E-state index in [4.69, 9.17) is 5.73 Å². The van der Waals surface area contributed by atoms with Gasteiger partial charge >= 0.3 is 0 Å². The first kappa shape index (κ1) is 9.96. The molecule has 0 amide bonds. The maximum atomic E-state index is 13.0. The molecule has 2 heterocycles. The van der Waals surface area contributed by atoms with Crippen LogP contribution in [-0.2, 0) is 0 Å². The molecule has 5 heteroatoms. The van der Waals surface area contributed by atoms with Crippen molar-refractivity contribution in [1.29, 1.82) is 0 Å². The van der Waals surface area contributed by atoms with E-state index in [-0.39, 0.29) is 0 Å². The first-order chi connectivity index (χ1) is 7.74. The van der Waals surface area contributed by atoms with Gasteiger partial charge in [0.15, 0.2) is 0 Å². The highest BCUT2D eigenvalue weighted by molar-refractivity contribution is 5.38. The highest BCUT2D eigenvalue weighted by atomic mass is 19.1. The van der Waals surface area contributed by atoms with Crippen LogP contribution in [0.5, 0.6) is 0 Å². The van der Waals surface area contributed by atoms with Gasteiger partial charge in [0.05, 0.1) is 0 Å². The smallest absolute Gasteiger partial charge is 0.218 e. The van der Waals surface area contributed by atoms with E-state index in [1.54, 1.807) is 0 Å². The largest absolute Gasteiger partial charge is 0.356 e. The van der Waals surface area contributed by atoms with Gasteiger partial charge in [0.1, 0.15) is 12.1 Å². The molecule has 1 aromatic heterocycles. The predicted molar refractivity (Wildman–Crippen MR) is 58.4 cm³/mol. The molecule has 2 fully saturated rings. The van der Waals surface area contributed by atoms with Crippen molar-refractivity contribution in [3.8, 4) is 0 Å². The SMILES string of the molecule is NC1C2CCC1CN(c1cc(F)ncn1)C2. The van der Waals surface area contributed by atoms with E-state index in [0.29, 0.717) is 23.7 Å². The molecule has 3 rings (SSSR count). The van der Waals surface area contributed by atoms with E-state index in [2.05, 4.69) is 14.9 Å². The van der Waals surface area contributed by atoms with Crippen LogP contribution in [0.15, 0.2) is 12.4 Å². The summed E-state index contributed by atoms with van der Waals surface area (Å²) in [6, 6.07) is 1.72. The molecule has 1 saturated carbocycles. The van der Waals surface area contributed by atoms with Crippen LogP contribution in [0.2, 0.25) is 0 Å². The minimum atomic E-state index is -0.466. The zero-order chi connectivity index (χ0) is 11.1. The Hall–Kier alpha value is -1.23. The summed E-state index contributed by atoms with van der Waals surface area (Å²) < 4.78 is 13.0. The molecule has 2 bridgehead atoms. The van der Waals surface area contributed by atoms with E-state index in [0.717, 1.165) is 13.1 Å².